The van der Waals surface area contributed by atoms with Crippen LogP contribution in [0.4, 0.5) is 5.69 Å². The van der Waals surface area contributed by atoms with E-state index in [0.717, 1.165) is 59.4 Å². The summed E-state index contributed by atoms with van der Waals surface area (Å²) in [6.07, 6.45) is 5.39. The standard InChI is InChI=1S/C32H41Cl2N5O/c1-19-17-38(11-12-39(19)29-15-23-14-27(20(29)2)32(23,3)4)31(35)36-25-7-8-26-22(13-25)18-37(30(26)40)10-9-21-5-6-24(33)16-28(21)34/h5-8,13,16,18-20,23,27,29,40H,9-12,14-15,17H2,1-4H3,(H2,35,36)/t19-,20+,23-,27+,29+/m0/s1. The zero-order valence-corrected chi connectivity index (χ0v) is 25.5. The molecule has 1 aliphatic heterocycles. The highest BCUT2D eigenvalue weighted by atomic mass is 35.5. The first kappa shape index (κ1) is 27.7. The third-order valence-electron chi connectivity index (χ3n) is 10.5. The van der Waals surface area contributed by atoms with Gasteiger partial charge in [-0.15, -0.1) is 0 Å². The quantitative estimate of drug-likeness (QED) is 0.253. The van der Waals surface area contributed by atoms with Crippen LogP contribution < -0.4 is 5.73 Å². The molecular weight excluding hydrogens is 541 g/mol. The molecule has 8 heteroatoms. The lowest BCUT2D eigenvalue weighted by atomic mass is 9.44. The van der Waals surface area contributed by atoms with Gasteiger partial charge in [0.25, 0.3) is 0 Å². The van der Waals surface area contributed by atoms with Crippen molar-refractivity contribution in [2.45, 2.75) is 65.6 Å². The van der Waals surface area contributed by atoms with Crippen LogP contribution in [0.15, 0.2) is 47.6 Å². The maximum Gasteiger partial charge on any atom is 0.199 e. The topological polar surface area (TPSA) is 70.0 Å². The minimum atomic E-state index is 0.242. The van der Waals surface area contributed by atoms with Crippen molar-refractivity contribution in [2.75, 3.05) is 19.6 Å². The molecule has 3 saturated carbocycles. The number of rotatable bonds is 5. The van der Waals surface area contributed by atoms with Crippen molar-refractivity contribution in [3.63, 3.8) is 0 Å². The van der Waals surface area contributed by atoms with E-state index in [0.29, 0.717) is 46.5 Å². The number of hydrogen-bond acceptors (Lipinski definition) is 3. The van der Waals surface area contributed by atoms with E-state index in [1.54, 1.807) is 6.07 Å². The van der Waals surface area contributed by atoms with Gasteiger partial charge in [-0.25, -0.2) is 4.99 Å². The zero-order valence-electron chi connectivity index (χ0n) is 23.9. The number of fused-ring (bicyclic) bond motifs is 3. The van der Waals surface area contributed by atoms with Crippen LogP contribution in [0.2, 0.25) is 10.0 Å². The summed E-state index contributed by atoms with van der Waals surface area (Å²) in [5, 5.41) is 13.8. The second kappa shape index (κ2) is 10.5. The van der Waals surface area contributed by atoms with E-state index < -0.39 is 0 Å². The summed E-state index contributed by atoms with van der Waals surface area (Å²) >= 11 is 12.4. The average molecular weight is 583 g/mol. The second-order valence-corrected chi connectivity index (χ2v) is 13.8. The molecule has 0 unspecified atom stereocenters. The Morgan fingerprint density at radius 1 is 1.10 bits per heavy atom. The maximum absolute atomic E-state index is 10.8. The van der Waals surface area contributed by atoms with Crippen molar-refractivity contribution in [3.8, 4) is 5.88 Å². The molecule has 2 bridgehead atoms. The van der Waals surface area contributed by atoms with Crippen molar-refractivity contribution in [1.29, 1.82) is 0 Å². The minimum absolute atomic E-state index is 0.242. The van der Waals surface area contributed by atoms with Crippen molar-refractivity contribution in [1.82, 2.24) is 14.4 Å². The van der Waals surface area contributed by atoms with Gasteiger partial charge in [0.2, 0.25) is 0 Å². The van der Waals surface area contributed by atoms with Gasteiger partial charge in [0.05, 0.1) is 5.69 Å². The van der Waals surface area contributed by atoms with Gasteiger partial charge in [-0.1, -0.05) is 50.0 Å². The van der Waals surface area contributed by atoms with Crippen LogP contribution in [-0.4, -0.2) is 57.2 Å². The number of piperazine rings is 1. The zero-order chi connectivity index (χ0) is 28.3. The molecule has 1 saturated heterocycles. The van der Waals surface area contributed by atoms with Crippen molar-refractivity contribution >= 4 is 45.6 Å². The number of guanidine groups is 1. The number of nitrogens with zero attached hydrogens (tertiary/aromatic N) is 4. The lowest BCUT2D eigenvalue weighted by Crippen LogP contribution is -2.65. The number of hydrogen-bond donors (Lipinski definition) is 2. The molecule has 4 aliphatic rings. The molecule has 4 fully saturated rings. The number of benzene rings is 2. The predicted molar refractivity (Wildman–Crippen MR) is 166 cm³/mol. The van der Waals surface area contributed by atoms with E-state index in [-0.39, 0.29) is 5.88 Å². The molecule has 2 aromatic carbocycles. The number of halogens is 2. The Hall–Kier alpha value is -2.41. The summed E-state index contributed by atoms with van der Waals surface area (Å²) < 4.78 is 1.85. The molecule has 3 aliphatic carbocycles. The lowest BCUT2D eigenvalue weighted by molar-refractivity contribution is -0.147. The van der Waals surface area contributed by atoms with Gasteiger partial charge < -0.3 is 20.3 Å². The monoisotopic (exact) mass is 581 g/mol. The van der Waals surface area contributed by atoms with E-state index in [1.165, 1.54) is 12.8 Å². The number of aliphatic imine (C=N–C) groups is 1. The second-order valence-electron chi connectivity index (χ2n) is 12.9. The highest BCUT2D eigenvalue weighted by Crippen LogP contribution is 2.62. The summed E-state index contributed by atoms with van der Waals surface area (Å²) in [6, 6.07) is 12.5. The molecule has 40 heavy (non-hydrogen) atoms. The third-order valence-corrected chi connectivity index (χ3v) is 11.1. The predicted octanol–water partition coefficient (Wildman–Crippen LogP) is 6.92. The van der Waals surface area contributed by atoms with Crippen molar-refractivity contribution < 1.29 is 5.11 Å². The van der Waals surface area contributed by atoms with E-state index in [1.807, 2.05) is 41.1 Å². The van der Waals surface area contributed by atoms with Crippen molar-refractivity contribution in [3.05, 3.63) is 58.2 Å². The van der Waals surface area contributed by atoms with Crippen LogP contribution in [0.5, 0.6) is 5.88 Å². The minimum Gasteiger partial charge on any atom is -0.494 e. The SMILES string of the molecule is C[C@H]1[C@H](N2CCN(C(N)=Nc3ccc4c(O)n(CCc5ccc(Cl)cc5Cl)cc4c3)C[C@@H]2C)C[C@@H]2C[C@H]1C2(C)C. The Morgan fingerprint density at radius 2 is 1.90 bits per heavy atom. The Bertz CT molecular complexity index is 1450. The Kier molecular flexibility index (Phi) is 7.25. The molecule has 0 spiro atoms. The molecule has 7 rings (SSSR count). The van der Waals surface area contributed by atoms with Gasteiger partial charge in [0.1, 0.15) is 0 Å². The Balaban J connectivity index is 1.11. The number of aryl methyl sites for hydroxylation is 2. The summed E-state index contributed by atoms with van der Waals surface area (Å²) in [5.74, 6) is 3.28. The fourth-order valence-corrected chi connectivity index (χ4v) is 8.39. The maximum atomic E-state index is 10.8. The normalized spacial score (nSPS) is 28.6. The van der Waals surface area contributed by atoms with Crippen LogP contribution >= 0.6 is 23.2 Å². The van der Waals surface area contributed by atoms with E-state index in [4.69, 9.17) is 33.9 Å². The van der Waals surface area contributed by atoms with Crippen LogP contribution in [0.1, 0.15) is 46.1 Å². The van der Waals surface area contributed by atoms with Gasteiger partial charge in [-0.05, 0) is 85.3 Å². The first-order valence-electron chi connectivity index (χ1n) is 14.6. The van der Waals surface area contributed by atoms with E-state index in [2.05, 4.69) is 37.5 Å². The number of aromatic nitrogens is 1. The van der Waals surface area contributed by atoms with E-state index in [9.17, 15) is 5.11 Å². The molecule has 5 atom stereocenters. The molecule has 214 valence electrons. The molecule has 0 amide bonds. The van der Waals surface area contributed by atoms with Crippen LogP contribution in [-0.2, 0) is 13.0 Å². The lowest BCUT2D eigenvalue weighted by Gasteiger charge is -2.64. The largest absolute Gasteiger partial charge is 0.494 e. The molecule has 1 aromatic heterocycles. The van der Waals surface area contributed by atoms with Gasteiger partial charge in [0, 0.05) is 65.3 Å². The Morgan fingerprint density at radius 3 is 2.60 bits per heavy atom. The highest BCUT2D eigenvalue weighted by Gasteiger charge is 2.57. The molecule has 3 aromatic rings. The highest BCUT2D eigenvalue weighted by molar-refractivity contribution is 6.35. The fourth-order valence-electron chi connectivity index (χ4n) is 7.89. The fraction of sp³-hybridized carbons (Fsp3) is 0.531. The summed E-state index contributed by atoms with van der Waals surface area (Å²) in [5.41, 5.74) is 8.86. The van der Waals surface area contributed by atoms with Gasteiger partial charge in [-0.2, -0.15) is 0 Å². The molecular formula is C32H41Cl2N5O. The molecule has 0 radical (unpaired) electrons. The number of nitrogens with two attached hydrogens (primary N) is 1. The van der Waals surface area contributed by atoms with Crippen LogP contribution in [0.3, 0.4) is 0 Å². The Labute approximate surface area is 247 Å². The molecule has 3 N–H and O–H groups in total. The summed E-state index contributed by atoms with van der Waals surface area (Å²) in [4.78, 5) is 9.76. The number of aromatic hydroxyl groups is 1. The van der Waals surface area contributed by atoms with Gasteiger partial charge in [-0.3, -0.25) is 4.90 Å². The summed E-state index contributed by atoms with van der Waals surface area (Å²) in [6.45, 7) is 13.2. The van der Waals surface area contributed by atoms with E-state index >= 15 is 0 Å². The van der Waals surface area contributed by atoms with Gasteiger partial charge >= 0.3 is 0 Å². The van der Waals surface area contributed by atoms with Crippen molar-refractivity contribution in [2.24, 2.45) is 33.9 Å². The van der Waals surface area contributed by atoms with Gasteiger partial charge in [0.15, 0.2) is 11.8 Å². The first-order chi connectivity index (χ1) is 19.0. The molecule has 2 heterocycles. The first-order valence-corrected chi connectivity index (χ1v) is 15.4. The van der Waals surface area contributed by atoms with Crippen LogP contribution in [0, 0.1) is 23.2 Å². The molecule has 6 nitrogen and oxygen atoms in total. The average Bonchev–Trinajstić information content (AvgIpc) is 3.22. The van der Waals surface area contributed by atoms with Crippen LogP contribution in [0.25, 0.3) is 10.8 Å². The summed E-state index contributed by atoms with van der Waals surface area (Å²) in [7, 11) is 0. The third kappa shape index (κ3) is 4.86. The smallest absolute Gasteiger partial charge is 0.199 e.